The van der Waals surface area contributed by atoms with E-state index in [-0.39, 0.29) is 0 Å². The van der Waals surface area contributed by atoms with Gasteiger partial charge in [0.05, 0.1) is 0 Å². The van der Waals surface area contributed by atoms with Crippen LogP contribution in [0.5, 0.6) is 0 Å². The van der Waals surface area contributed by atoms with Gasteiger partial charge >= 0.3 is 0 Å². The second-order valence-corrected chi connectivity index (χ2v) is 38.3. The van der Waals surface area contributed by atoms with Crippen molar-refractivity contribution in [2.45, 2.75) is 0 Å². The van der Waals surface area contributed by atoms with Crippen LogP contribution < -0.4 is 0 Å². The summed E-state index contributed by atoms with van der Waals surface area (Å²) in [6.45, 7) is 0. The van der Waals surface area contributed by atoms with Crippen LogP contribution in [0, 0.1) is 0 Å². The van der Waals surface area contributed by atoms with Gasteiger partial charge < -0.3 is 4.42 Å². The van der Waals surface area contributed by atoms with Crippen LogP contribution in [0.1, 0.15) is 0 Å². The number of nitrogens with zero attached hydrogens (tertiary/aromatic N) is 9. The average Bonchev–Trinajstić information content (AvgIpc) is 1.73. The van der Waals surface area contributed by atoms with Gasteiger partial charge in [-0.2, -0.15) is 0 Å². The molecule has 0 aliphatic carbocycles. The zero-order chi connectivity index (χ0) is 92.7. The van der Waals surface area contributed by atoms with Crippen molar-refractivity contribution >= 4 is 214 Å². The van der Waals surface area contributed by atoms with Gasteiger partial charge in [0.2, 0.25) is 0 Å². The van der Waals surface area contributed by atoms with Crippen LogP contribution in [-0.2, 0) is 0 Å². The third kappa shape index (κ3) is 14.3. The molecule has 0 bridgehead atoms. The highest BCUT2D eigenvalue weighted by atomic mass is 32.1. The van der Waals surface area contributed by atoms with Gasteiger partial charge in [-0.05, 0) is 214 Å². The molecule has 141 heavy (non-hydrogen) atoms. The SMILES string of the molecule is c1ccc2cc(-c3nc(-c4ccc5ccc6c7ccccc7ccc6c5c4)nc(-c4ccc5sc6ccccc6c5c4)n3)ccc2c1.c1ccc2cc(-c3nc(-c4ccc5ccc6c7ccccc7ccc6c5c4)nc(-c4cccc5c4sc4ccccc45)n3)ccc2c1.c1ccc2cc(-c3nc(-c4ccc5ccc6c7ccccc7ccc6c5c4)nc(-c4cccc5oc6ccccc6c45)n3)ccc2c1. The van der Waals surface area contributed by atoms with Crippen LogP contribution in [0.2, 0.25) is 0 Å². The molecule has 0 saturated carbocycles. The summed E-state index contributed by atoms with van der Waals surface area (Å²) < 4.78 is 11.2. The van der Waals surface area contributed by atoms with Crippen molar-refractivity contribution in [3.63, 3.8) is 0 Å². The molecule has 654 valence electrons. The van der Waals surface area contributed by atoms with E-state index >= 15 is 0 Å². The first-order chi connectivity index (χ1) is 69.8. The maximum Gasteiger partial charge on any atom is 0.165 e. The third-order valence-electron chi connectivity index (χ3n) is 27.9. The van der Waals surface area contributed by atoms with Gasteiger partial charge in [-0.15, -0.1) is 22.7 Å². The Morgan fingerprint density at radius 1 is 0.142 bits per heavy atom. The predicted octanol–water partition coefficient (Wildman–Crippen LogP) is 35.1. The molecule has 6 aromatic heterocycles. The Morgan fingerprint density at radius 2 is 0.404 bits per heavy atom. The fourth-order valence-electron chi connectivity index (χ4n) is 20.9. The molecule has 0 fully saturated rings. The number of hydrogen-bond acceptors (Lipinski definition) is 12. The van der Waals surface area contributed by atoms with E-state index in [2.05, 4.69) is 425 Å². The highest BCUT2D eigenvalue weighted by Crippen LogP contribution is 2.46. The first-order valence-corrected chi connectivity index (χ1v) is 48.9. The fourth-order valence-corrected chi connectivity index (χ4v) is 23.2. The Bertz CT molecular complexity index is 10500. The maximum atomic E-state index is 6.24. The molecule has 10 nitrogen and oxygen atoms in total. The summed E-state index contributed by atoms with van der Waals surface area (Å²) in [7, 11) is 0. The summed E-state index contributed by atoms with van der Waals surface area (Å²) in [6.07, 6.45) is 0. The number of benzene rings is 24. The number of aromatic nitrogens is 9. The molecule has 0 unspecified atom stereocenters. The zero-order valence-corrected chi connectivity index (χ0v) is 77.2. The van der Waals surface area contributed by atoms with Crippen LogP contribution >= 0.6 is 22.7 Å². The number of fused-ring (bicyclic) bond motifs is 27. The predicted molar refractivity (Wildman–Crippen MR) is 592 cm³/mol. The van der Waals surface area contributed by atoms with Crippen molar-refractivity contribution in [2.24, 2.45) is 0 Å². The summed E-state index contributed by atoms with van der Waals surface area (Å²) in [5.41, 5.74) is 10.3. The summed E-state index contributed by atoms with van der Waals surface area (Å²) in [5.74, 6) is 5.86. The summed E-state index contributed by atoms with van der Waals surface area (Å²) in [6, 6.07) is 161. The monoisotopic (exact) mass is 1830 g/mol. The van der Waals surface area contributed by atoms with Crippen molar-refractivity contribution < 1.29 is 4.42 Å². The molecular weight excluding hydrogens is 1760 g/mol. The maximum absolute atomic E-state index is 6.24. The number of thiophene rings is 2. The third-order valence-corrected chi connectivity index (χ3v) is 30.2. The molecular formula is C129H75N9OS2. The standard InChI is InChI=1S/C43H25N3O.2C43H25N3S/c1-2-10-29-24-30(18-16-26(29)8-1)41-44-42(46-43(45-41)36-13-7-15-39-40(36)35-12-5-6-14-38(35)47-39)31-19-17-28-21-22-33-32-11-4-3-9-27(32)20-23-34(33)37(28)25-31;1-2-10-29-24-30(18-16-26(29)8-1)41-44-42(46-43(45-41)37-14-7-13-36-35-12-5-6-15-39(35)47-40(36)37)31-19-17-28-21-22-33-32-11-4-3-9-27(32)20-23-34(33)38(28)25-31;1-2-9-29-23-30(15-13-26(29)7-1)41-44-42(46-43(45-41)32-19-22-40-38(25-32)36-11-5-6-12-39(36)47-40)31-16-14-28-18-20-34-33-10-4-3-8-27(33)17-21-35(34)37(28)24-31/h3*1-25H. The Labute approximate surface area is 814 Å². The molecule has 6 heterocycles. The van der Waals surface area contributed by atoms with E-state index < -0.39 is 0 Å². The minimum Gasteiger partial charge on any atom is -0.456 e. The second-order valence-electron chi connectivity index (χ2n) is 36.1. The molecule has 0 atom stereocenters. The average molecular weight is 1830 g/mol. The van der Waals surface area contributed by atoms with E-state index in [1.54, 1.807) is 11.3 Å². The minimum absolute atomic E-state index is 0.610. The van der Waals surface area contributed by atoms with Crippen molar-refractivity contribution in [3.8, 4) is 102 Å². The van der Waals surface area contributed by atoms with Crippen LogP contribution in [0.15, 0.2) is 459 Å². The number of rotatable bonds is 9. The molecule has 0 N–H and O–H groups in total. The highest BCUT2D eigenvalue weighted by molar-refractivity contribution is 7.26. The fraction of sp³-hybridized carbons (Fsp3) is 0. The lowest BCUT2D eigenvalue weighted by Gasteiger charge is -2.12. The van der Waals surface area contributed by atoms with Gasteiger partial charge in [-0.1, -0.05) is 370 Å². The second kappa shape index (κ2) is 33.3. The number of para-hydroxylation sites is 1. The van der Waals surface area contributed by atoms with Gasteiger partial charge in [-0.25, -0.2) is 44.9 Å². The Hall–Kier alpha value is -18.3. The van der Waals surface area contributed by atoms with Gasteiger partial charge in [0.15, 0.2) is 52.4 Å². The van der Waals surface area contributed by atoms with Crippen LogP contribution in [0.25, 0.3) is 294 Å². The topological polar surface area (TPSA) is 129 Å². The van der Waals surface area contributed by atoms with Gasteiger partial charge in [0.25, 0.3) is 0 Å². The normalized spacial score (nSPS) is 11.8. The number of furan rings is 1. The van der Waals surface area contributed by atoms with E-state index in [0.29, 0.717) is 52.4 Å². The Kier molecular flexibility index (Phi) is 19.1. The molecule has 30 rings (SSSR count). The van der Waals surface area contributed by atoms with E-state index in [0.717, 1.165) is 88.2 Å². The number of hydrogen-bond donors (Lipinski definition) is 0. The molecule has 0 aliphatic rings. The lowest BCUT2D eigenvalue weighted by atomic mass is 9.96. The Balaban J connectivity index is 0.000000104. The van der Waals surface area contributed by atoms with Crippen molar-refractivity contribution in [1.29, 1.82) is 0 Å². The van der Waals surface area contributed by atoms with E-state index in [9.17, 15) is 0 Å². The van der Waals surface area contributed by atoms with E-state index in [1.807, 2.05) is 41.7 Å². The smallest absolute Gasteiger partial charge is 0.165 e. The minimum atomic E-state index is 0.610. The molecule has 0 radical (unpaired) electrons. The Morgan fingerprint density at radius 3 is 0.830 bits per heavy atom. The first kappa shape index (κ1) is 81.1. The lowest BCUT2D eigenvalue weighted by molar-refractivity contribution is 0.669. The van der Waals surface area contributed by atoms with Crippen LogP contribution in [0.3, 0.4) is 0 Å². The first-order valence-electron chi connectivity index (χ1n) is 47.3. The van der Waals surface area contributed by atoms with Crippen molar-refractivity contribution in [2.75, 3.05) is 0 Å². The molecule has 0 amide bonds. The highest BCUT2D eigenvalue weighted by Gasteiger charge is 2.24. The molecule has 0 aliphatic heterocycles. The zero-order valence-electron chi connectivity index (χ0n) is 75.6. The van der Waals surface area contributed by atoms with Crippen LogP contribution in [-0.4, -0.2) is 44.9 Å². The quantitative estimate of drug-likeness (QED) is 0.129. The van der Waals surface area contributed by atoms with Gasteiger partial charge in [0, 0.05) is 101 Å². The molecule has 30 aromatic rings. The largest absolute Gasteiger partial charge is 0.456 e. The summed E-state index contributed by atoms with van der Waals surface area (Å²) in [4.78, 5) is 46.3. The molecule has 0 saturated heterocycles. The van der Waals surface area contributed by atoms with Crippen molar-refractivity contribution in [3.05, 3.63) is 455 Å². The van der Waals surface area contributed by atoms with E-state index in [1.165, 1.54) is 153 Å². The molecule has 24 aromatic carbocycles. The van der Waals surface area contributed by atoms with Gasteiger partial charge in [-0.3, -0.25) is 0 Å². The molecule has 0 spiro atoms. The van der Waals surface area contributed by atoms with Crippen molar-refractivity contribution in [1.82, 2.24) is 44.9 Å². The molecule has 12 heteroatoms. The summed E-state index contributed by atoms with van der Waals surface area (Å²) >= 11 is 3.61. The van der Waals surface area contributed by atoms with E-state index in [4.69, 9.17) is 49.3 Å². The van der Waals surface area contributed by atoms with Gasteiger partial charge in [0.1, 0.15) is 11.2 Å². The summed E-state index contributed by atoms with van der Waals surface area (Å²) in [5, 5.41) is 36.0. The van der Waals surface area contributed by atoms with Crippen LogP contribution in [0.4, 0.5) is 0 Å². The lowest BCUT2D eigenvalue weighted by Crippen LogP contribution is -2.00.